The largest absolute Gasteiger partial charge is 0.497 e. The molecular weight excluding hydrogens is 435 g/mol. The van der Waals surface area contributed by atoms with Crippen molar-refractivity contribution < 1.29 is 27.5 Å². The van der Waals surface area contributed by atoms with E-state index in [0.717, 1.165) is 17.4 Å². The number of aryl methyl sites for hydroxylation is 1. The van der Waals surface area contributed by atoms with Gasteiger partial charge in [0.25, 0.3) is 0 Å². The molecule has 0 aliphatic carbocycles. The lowest BCUT2D eigenvalue weighted by Gasteiger charge is -2.34. The van der Waals surface area contributed by atoms with Crippen LogP contribution in [-0.2, 0) is 23.8 Å². The molecule has 0 aromatic heterocycles. The number of carbonyl (C=O) groups is 2. The van der Waals surface area contributed by atoms with Crippen LogP contribution in [0.1, 0.15) is 23.1 Å². The lowest BCUT2D eigenvalue weighted by atomic mass is 10.0. The molecule has 0 bridgehead atoms. The van der Waals surface area contributed by atoms with Crippen molar-refractivity contribution in [1.82, 2.24) is 15.1 Å². The van der Waals surface area contributed by atoms with Gasteiger partial charge in [-0.3, -0.25) is 4.79 Å². The Kier molecular flexibility index (Phi) is 8.19. The van der Waals surface area contributed by atoms with Gasteiger partial charge >= 0.3 is 12.2 Å². The summed E-state index contributed by atoms with van der Waals surface area (Å²) < 4.78 is 44.4. The number of rotatable bonds is 7. The molecule has 3 rings (SSSR count). The summed E-state index contributed by atoms with van der Waals surface area (Å²) in [6.45, 7) is 1.75. The first-order chi connectivity index (χ1) is 15.8. The van der Waals surface area contributed by atoms with Crippen molar-refractivity contribution in [3.8, 4) is 5.75 Å². The summed E-state index contributed by atoms with van der Waals surface area (Å²) in [7, 11) is 1.60. The van der Waals surface area contributed by atoms with Crippen LogP contribution < -0.4 is 10.1 Å². The quantitative estimate of drug-likeness (QED) is 0.681. The average Bonchev–Trinajstić information content (AvgIpc) is 2.82. The normalized spacial score (nSPS) is 14.2. The van der Waals surface area contributed by atoms with Crippen LogP contribution in [0.2, 0.25) is 0 Å². The van der Waals surface area contributed by atoms with Crippen LogP contribution in [0.4, 0.5) is 18.0 Å². The number of hydrogen-bond donors (Lipinski definition) is 1. The fraction of sp³-hybridized carbons (Fsp3) is 0.417. The molecule has 1 saturated heterocycles. The molecule has 1 fully saturated rings. The Morgan fingerprint density at radius 2 is 1.58 bits per heavy atom. The molecule has 178 valence electrons. The Morgan fingerprint density at radius 1 is 0.939 bits per heavy atom. The van der Waals surface area contributed by atoms with Crippen LogP contribution >= 0.6 is 0 Å². The Morgan fingerprint density at radius 3 is 2.21 bits per heavy atom. The van der Waals surface area contributed by atoms with Crippen LogP contribution in [0, 0.1) is 0 Å². The minimum Gasteiger partial charge on any atom is -0.497 e. The smallest absolute Gasteiger partial charge is 0.416 e. The second kappa shape index (κ2) is 11.1. The Balaban J connectivity index is 1.39. The number of hydrogen-bond acceptors (Lipinski definition) is 3. The molecule has 0 atom stereocenters. The fourth-order valence-electron chi connectivity index (χ4n) is 3.79. The van der Waals surface area contributed by atoms with Gasteiger partial charge in [-0.15, -0.1) is 0 Å². The maximum atomic E-state index is 13.1. The molecule has 3 amide bonds. The number of amides is 3. The zero-order valence-corrected chi connectivity index (χ0v) is 18.5. The van der Waals surface area contributed by atoms with E-state index in [0.29, 0.717) is 39.0 Å². The molecule has 33 heavy (non-hydrogen) atoms. The summed E-state index contributed by atoms with van der Waals surface area (Å²) in [5, 5.41) is 2.69. The zero-order valence-electron chi connectivity index (χ0n) is 18.5. The van der Waals surface area contributed by atoms with Gasteiger partial charge in [0.05, 0.1) is 12.7 Å². The number of methoxy groups -OCH3 is 1. The van der Waals surface area contributed by atoms with Crippen molar-refractivity contribution in [3.63, 3.8) is 0 Å². The van der Waals surface area contributed by atoms with Crippen molar-refractivity contribution in [2.75, 3.05) is 39.8 Å². The van der Waals surface area contributed by atoms with Crippen LogP contribution in [0.15, 0.2) is 48.5 Å². The fourth-order valence-corrected chi connectivity index (χ4v) is 3.79. The molecule has 6 nitrogen and oxygen atoms in total. The third kappa shape index (κ3) is 6.87. The number of nitrogens with zero attached hydrogens (tertiary/aromatic N) is 2. The third-order valence-corrected chi connectivity index (χ3v) is 5.70. The molecule has 9 heteroatoms. The van der Waals surface area contributed by atoms with Crippen molar-refractivity contribution in [2.24, 2.45) is 0 Å². The Labute approximate surface area is 191 Å². The van der Waals surface area contributed by atoms with Crippen LogP contribution in [-0.4, -0.2) is 61.6 Å². The monoisotopic (exact) mass is 463 g/mol. The lowest BCUT2D eigenvalue weighted by molar-refractivity contribution is -0.138. The van der Waals surface area contributed by atoms with Gasteiger partial charge in [-0.05, 0) is 42.2 Å². The van der Waals surface area contributed by atoms with E-state index in [1.165, 1.54) is 12.1 Å². The predicted octanol–water partition coefficient (Wildman–Crippen LogP) is 3.74. The number of ether oxygens (including phenoxy) is 1. The molecule has 2 aromatic carbocycles. The van der Waals surface area contributed by atoms with Crippen LogP contribution in [0.3, 0.4) is 0 Å². The topological polar surface area (TPSA) is 61.9 Å². The molecule has 2 aromatic rings. The minimum absolute atomic E-state index is 0.0367. The maximum absolute atomic E-state index is 13.1. The van der Waals surface area contributed by atoms with E-state index in [4.69, 9.17) is 4.74 Å². The summed E-state index contributed by atoms with van der Waals surface area (Å²) in [6.07, 6.45) is -3.32. The Bertz CT molecular complexity index is 940. The van der Waals surface area contributed by atoms with E-state index < -0.39 is 11.7 Å². The summed E-state index contributed by atoms with van der Waals surface area (Å²) in [5.74, 6) is 0.804. The van der Waals surface area contributed by atoms with Crippen molar-refractivity contribution in [3.05, 3.63) is 65.2 Å². The average molecular weight is 464 g/mol. The van der Waals surface area contributed by atoms with Gasteiger partial charge in [0.1, 0.15) is 5.75 Å². The van der Waals surface area contributed by atoms with E-state index in [1.54, 1.807) is 23.0 Å². The van der Waals surface area contributed by atoms with Crippen LogP contribution in [0.25, 0.3) is 0 Å². The zero-order chi connectivity index (χ0) is 23.8. The van der Waals surface area contributed by atoms with Gasteiger partial charge in [-0.1, -0.05) is 30.3 Å². The molecule has 0 saturated carbocycles. The van der Waals surface area contributed by atoms with E-state index in [9.17, 15) is 22.8 Å². The highest BCUT2D eigenvalue weighted by Gasteiger charge is 2.32. The molecular formula is C24H28F3N3O3. The Hall–Kier alpha value is -3.23. The molecule has 1 aliphatic rings. The van der Waals surface area contributed by atoms with E-state index in [2.05, 4.69) is 5.32 Å². The van der Waals surface area contributed by atoms with Crippen molar-refractivity contribution >= 4 is 11.9 Å². The van der Waals surface area contributed by atoms with E-state index in [1.807, 2.05) is 24.3 Å². The number of benzene rings is 2. The summed E-state index contributed by atoms with van der Waals surface area (Å²) in [6, 6.07) is 12.6. The molecule has 0 unspecified atom stereocenters. The number of urea groups is 1. The first-order valence-electron chi connectivity index (χ1n) is 10.9. The summed E-state index contributed by atoms with van der Waals surface area (Å²) in [5.41, 5.74) is 0.521. The van der Waals surface area contributed by atoms with Gasteiger partial charge in [-0.25, -0.2) is 4.79 Å². The third-order valence-electron chi connectivity index (χ3n) is 5.70. The number of nitrogens with one attached hydrogen (secondary N) is 1. The van der Waals surface area contributed by atoms with E-state index >= 15 is 0 Å². The first kappa shape index (κ1) is 24.4. The highest BCUT2D eigenvalue weighted by molar-refractivity contribution is 5.78. The van der Waals surface area contributed by atoms with Crippen LogP contribution in [0.5, 0.6) is 5.75 Å². The predicted molar refractivity (Wildman–Crippen MR) is 118 cm³/mol. The number of alkyl halides is 3. The maximum Gasteiger partial charge on any atom is 0.416 e. The van der Waals surface area contributed by atoms with Gasteiger partial charge in [0, 0.05) is 39.1 Å². The second-order valence-electron chi connectivity index (χ2n) is 7.85. The standard InChI is InChI=1S/C24H28F3N3O3/c1-33-20-9-6-18(7-10-20)8-11-22(31)29-14-16-30(17-15-29)23(32)28-13-12-19-4-2-3-5-21(19)24(25,26)27/h2-7,9-10H,8,11-17H2,1H3,(H,28,32). The van der Waals surface area contributed by atoms with Gasteiger partial charge < -0.3 is 19.9 Å². The second-order valence-corrected chi connectivity index (χ2v) is 7.85. The van der Waals surface area contributed by atoms with Crippen molar-refractivity contribution in [1.29, 1.82) is 0 Å². The highest BCUT2D eigenvalue weighted by Crippen LogP contribution is 2.31. The number of halogens is 3. The molecule has 1 aliphatic heterocycles. The highest BCUT2D eigenvalue weighted by atomic mass is 19.4. The summed E-state index contributed by atoms with van der Waals surface area (Å²) >= 11 is 0. The molecule has 0 spiro atoms. The van der Waals surface area contributed by atoms with Gasteiger partial charge in [0.2, 0.25) is 5.91 Å². The SMILES string of the molecule is COc1ccc(CCC(=O)N2CCN(C(=O)NCCc3ccccc3C(F)(F)F)CC2)cc1. The first-order valence-corrected chi connectivity index (χ1v) is 10.9. The lowest BCUT2D eigenvalue weighted by Crippen LogP contribution is -2.53. The molecule has 0 radical (unpaired) electrons. The molecule has 1 N–H and O–H groups in total. The number of piperazine rings is 1. The van der Waals surface area contributed by atoms with Gasteiger partial charge in [0.15, 0.2) is 0 Å². The summed E-state index contributed by atoms with van der Waals surface area (Å²) in [4.78, 5) is 28.2. The van der Waals surface area contributed by atoms with Gasteiger partial charge in [-0.2, -0.15) is 13.2 Å². The molecule has 1 heterocycles. The van der Waals surface area contributed by atoms with E-state index in [-0.39, 0.29) is 30.5 Å². The van der Waals surface area contributed by atoms with Crippen molar-refractivity contribution in [2.45, 2.75) is 25.4 Å². The number of carbonyl (C=O) groups excluding carboxylic acids is 2. The minimum atomic E-state index is -4.42.